The van der Waals surface area contributed by atoms with Gasteiger partial charge >= 0.3 is 0 Å². The molecule has 0 radical (unpaired) electrons. The third kappa shape index (κ3) is 2.28. The Bertz CT molecular complexity index is 366. The molecule has 15 heavy (non-hydrogen) atoms. The summed E-state index contributed by atoms with van der Waals surface area (Å²) in [5.41, 5.74) is 0. The Balaban J connectivity index is 2.18. The van der Waals surface area contributed by atoms with E-state index in [1.54, 1.807) is 11.1 Å². The number of anilines is 1. The predicted octanol–water partition coefficient (Wildman–Crippen LogP) is 1.03. The summed E-state index contributed by atoms with van der Waals surface area (Å²) in [6.07, 6.45) is 2.15. The molecule has 80 valence electrons. The highest BCUT2D eigenvalue weighted by Gasteiger charge is 2.30. The van der Waals surface area contributed by atoms with Crippen molar-refractivity contribution in [2.45, 2.75) is 6.42 Å². The minimum Gasteiger partial charge on any atom is -0.396 e. The first-order valence-corrected chi connectivity index (χ1v) is 5.81. The summed E-state index contributed by atoms with van der Waals surface area (Å²) in [6.45, 7) is 0.634. The van der Waals surface area contributed by atoms with Crippen LogP contribution in [0.25, 0.3) is 0 Å². The number of amides is 1. The van der Waals surface area contributed by atoms with Crippen molar-refractivity contribution in [3.63, 3.8) is 0 Å². The number of carbonyl (C=O) groups is 1. The number of halogens is 1. The Hall–Kier alpha value is -0.690. The number of aliphatic hydroxyl groups is 1. The topological polar surface area (TPSA) is 53.4 Å². The second-order valence-electron chi connectivity index (χ2n) is 3.59. The van der Waals surface area contributed by atoms with E-state index < -0.39 is 0 Å². The van der Waals surface area contributed by atoms with Gasteiger partial charge in [-0.1, -0.05) is 0 Å². The van der Waals surface area contributed by atoms with E-state index >= 15 is 0 Å². The molecule has 2 heterocycles. The van der Waals surface area contributed by atoms with Crippen molar-refractivity contribution in [3.05, 3.63) is 21.9 Å². The molecule has 1 aromatic heterocycles. The first kappa shape index (κ1) is 10.8. The summed E-state index contributed by atoms with van der Waals surface area (Å²) in [7, 11) is 0. The molecule has 2 rings (SSSR count). The van der Waals surface area contributed by atoms with E-state index in [-0.39, 0.29) is 18.4 Å². The van der Waals surface area contributed by atoms with Crippen LogP contribution in [0.3, 0.4) is 0 Å². The number of hydrogen-bond acceptors (Lipinski definition) is 3. The summed E-state index contributed by atoms with van der Waals surface area (Å²) < 4.78 is 1.04. The van der Waals surface area contributed by atoms with Gasteiger partial charge in [-0.25, -0.2) is 4.98 Å². The van der Waals surface area contributed by atoms with E-state index in [0.717, 1.165) is 3.57 Å². The molecule has 1 aliphatic heterocycles. The molecular formula is C10H11IN2O2. The zero-order chi connectivity index (χ0) is 10.8. The van der Waals surface area contributed by atoms with Gasteiger partial charge in [0, 0.05) is 35.3 Å². The number of rotatable bonds is 2. The van der Waals surface area contributed by atoms with Crippen LogP contribution in [-0.2, 0) is 4.79 Å². The second kappa shape index (κ2) is 4.44. The summed E-state index contributed by atoms with van der Waals surface area (Å²) in [5.74, 6) is 0.776. The summed E-state index contributed by atoms with van der Waals surface area (Å²) >= 11 is 2.17. The van der Waals surface area contributed by atoms with Crippen LogP contribution in [0.5, 0.6) is 0 Å². The van der Waals surface area contributed by atoms with Crippen molar-refractivity contribution < 1.29 is 9.90 Å². The van der Waals surface area contributed by atoms with Gasteiger partial charge in [0.15, 0.2) is 0 Å². The van der Waals surface area contributed by atoms with E-state index in [9.17, 15) is 4.79 Å². The molecule has 0 saturated carbocycles. The monoisotopic (exact) mass is 318 g/mol. The fourth-order valence-corrected chi connectivity index (χ4v) is 1.97. The number of aromatic nitrogens is 1. The van der Waals surface area contributed by atoms with Gasteiger partial charge in [-0.2, -0.15) is 0 Å². The Morgan fingerprint density at radius 3 is 2.93 bits per heavy atom. The van der Waals surface area contributed by atoms with E-state index in [2.05, 4.69) is 27.6 Å². The van der Waals surface area contributed by atoms with Crippen LogP contribution in [0, 0.1) is 9.49 Å². The molecule has 0 bridgehead atoms. The lowest BCUT2D eigenvalue weighted by atomic mass is 10.1. The first-order valence-electron chi connectivity index (χ1n) is 4.73. The van der Waals surface area contributed by atoms with Gasteiger partial charge in [0.2, 0.25) is 5.91 Å². The molecule has 5 heteroatoms. The van der Waals surface area contributed by atoms with Crippen LogP contribution in [0.2, 0.25) is 0 Å². The lowest BCUT2D eigenvalue weighted by Crippen LogP contribution is -2.25. The Labute approximate surface area is 101 Å². The number of carbonyl (C=O) groups excluding carboxylic acids is 1. The molecule has 0 aromatic carbocycles. The van der Waals surface area contributed by atoms with Gasteiger partial charge in [0.1, 0.15) is 5.82 Å². The van der Waals surface area contributed by atoms with Crippen molar-refractivity contribution in [2.24, 2.45) is 5.92 Å². The first-order chi connectivity index (χ1) is 7.20. The highest BCUT2D eigenvalue weighted by molar-refractivity contribution is 14.1. The van der Waals surface area contributed by atoms with Gasteiger partial charge in [-0.05, 0) is 34.7 Å². The largest absolute Gasteiger partial charge is 0.396 e. The number of hydrogen-bond donors (Lipinski definition) is 1. The van der Waals surface area contributed by atoms with Crippen LogP contribution < -0.4 is 4.90 Å². The number of aliphatic hydroxyl groups excluding tert-OH is 1. The molecule has 4 nitrogen and oxygen atoms in total. The van der Waals surface area contributed by atoms with E-state index in [4.69, 9.17) is 5.11 Å². The zero-order valence-corrected chi connectivity index (χ0v) is 10.2. The highest BCUT2D eigenvalue weighted by atomic mass is 127. The fourth-order valence-electron chi connectivity index (χ4n) is 1.65. The molecule has 1 aliphatic rings. The van der Waals surface area contributed by atoms with Crippen molar-refractivity contribution in [1.82, 2.24) is 4.98 Å². The van der Waals surface area contributed by atoms with Crippen molar-refractivity contribution in [2.75, 3.05) is 18.1 Å². The quantitative estimate of drug-likeness (QED) is 0.829. The maximum Gasteiger partial charge on any atom is 0.228 e. The summed E-state index contributed by atoms with van der Waals surface area (Å²) in [6, 6.07) is 3.75. The molecule has 1 amide bonds. The SMILES string of the molecule is O=C1CC(CO)CN1c1ccc(I)cn1. The molecule has 0 aliphatic carbocycles. The van der Waals surface area contributed by atoms with Crippen LogP contribution >= 0.6 is 22.6 Å². The van der Waals surface area contributed by atoms with Crippen LogP contribution in [0.1, 0.15) is 6.42 Å². The summed E-state index contributed by atoms with van der Waals surface area (Å²) in [4.78, 5) is 17.4. The number of nitrogens with zero attached hydrogens (tertiary/aromatic N) is 2. The summed E-state index contributed by atoms with van der Waals surface area (Å²) in [5, 5.41) is 8.99. The molecule has 1 atom stereocenters. The lowest BCUT2D eigenvalue weighted by Gasteiger charge is -2.14. The third-order valence-electron chi connectivity index (χ3n) is 2.45. The Morgan fingerprint density at radius 1 is 1.60 bits per heavy atom. The Kier molecular flexibility index (Phi) is 3.20. The van der Waals surface area contributed by atoms with Crippen molar-refractivity contribution in [1.29, 1.82) is 0 Å². The molecule has 1 fully saturated rings. The molecular weight excluding hydrogens is 307 g/mol. The lowest BCUT2D eigenvalue weighted by molar-refractivity contribution is -0.117. The van der Waals surface area contributed by atoms with Crippen LogP contribution in [0.15, 0.2) is 18.3 Å². The molecule has 1 unspecified atom stereocenters. The zero-order valence-electron chi connectivity index (χ0n) is 8.06. The average Bonchev–Trinajstić information content (AvgIpc) is 2.61. The minimum atomic E-state index is 0.0442. The maximum atomic E-state index is 11.6. The normalized spacial score (nSPS) is 21.1. The van der Waals surface area contributed by atoms with Gasteiger partial charge in [-0.15, -0.1) is 0 Å². The van der Waals surface area contributed by atoms with E-state index in [1.807, 2.05) is 12.1 Å². The van der Waals surface area contributed by atoms with Gasteiger partial charge in [-0.3, -0.25) is 9.69 Å². The van der Waals surface area contributed by atoms with Crippen molar-refractivity contribution >= 4 is 34.3 Å². The number of pyridine rings is 1. The van der Waals surface area contributed by atoms with E-state index in [0.29, 0.717) is 18.8 Å². The molecule has 1 aromatic rings. The Morgan fingerprint density at radius 2 is 2.40 bits per heavy atom. The molecule has 1 saturated heterocycles. The van der Waals surface area contributed by atoms with Crippen LogP contribution in [-0.4, -0.2) is 29.1 Å². The van der Waals surface area contributed by atoms with Gasteiger partial charge in [0.05, 0.1) is 0 Å². The highest BCUT2D eigenvalue weighted by Crippen LogP contribution is 2.23. The van der Waals surface area contributed by atoms with Gasteiger partial charge in [0.25, 0.3) is 0 Å². The maximum absolute atomic E-state index is 11.6. The molecule has 0 spiro atoms. The standard InChI is InChI=1S/C10H11IN2O2/c11-8-1-2-9(12-4-8)13-5-7(6-14)3-10(13)15/h1-2,4,7,14H,3,5-6H2. The predicted molar refractivity (Wildman–Crippen MR) is 64.5 cm³/mol. The molecule has 1 N–H and O–H groups in total. The van der Waals surface area contributed by atoms with E-state index in [1.165, 1.54) is 0 Å². The van der Waals surface area contributed by atoms with Crippen LogP contribution in [0.4, 0.5) is 5.82 Å². The smallest absolute Gasteiger partial charge is 0.228 e. The minimum absolute atomic E-state index is 0.0442. The second-order valence-corrected chi connectivity index (χ2v) is 4.84. The average molecular weight is 318 g/mol. The van der Waals surface area contributed by atoms with Gasteiger partial charge < -0.3 is 5.11 Å². The van der Waals surface area contributed by atoms with Crippen molar-refractivity contribution in [3.8, 4) is 0 Å². The third-order valence-corrected chi connectivity index (χ3v) is 3.09. The fraction of sp³-hybridized carbons (Fsp3) is 0.400.